The number of amides is 1. The lowest BCUT2D eigenvalue weighted by atomic mass is 9.89. The fourth-order valence-corrected chi connectivity index (χ4v) is 3.87. The summed E-state index contributed by atoms with van der Waals surface area (Å²) >= 11 is 7.09. The molecule has 2 rings (SSSR count). The van der Waals surface area contributed by atoms with E-state index in [1.807, 2.05) is 7.05 Å². The number of hydrogen-bond donors (Lipinski definition) is 0. The molecule has 0 atom stereocenters. The summed E-state index contributed by atoms with van der Waals surface area (Å²) in [4.78, 5) is 26.5. The first kappa shape index (κ1) is 16.5. The van der Waals surface area contributed by atoms with Gasteiger partial charge in [-0.15, -0.1) is 11.3 Å². The van der Waals surface area contributed by atoms with Crippen molar-refractivity contribution < 1.29 is 9.59 Å². The molecule has 0 aliphatic heterocycles. The van der Waals surface area contributed by atoms with Crippen molar-refractivity contribution in [1.29, 1.82) is 0 Å². The van der Waals surface area contributed by atoms with Gasteiger partial charge in [0.15, 0.2) is 5.78 Å². The molecule has 116 valence electrons. The van der Waals surface area contributed by atoms with Crippen LogP contribution in [0, 0.1) is 5.92 Å². The Labute approximate surface area is 135 Å². The average Bonchev–Trinajstić information content (AvgIpc) is 2.92. The summed E-state index contributed by atoms with van der Waals surface area (Å²) in [7, 11) is 1.85. The van der Waals surface area contributed by atoms with E-state index in [-0.39, 0.29) is 24.5 Å². The average molecular weight is 328 g/mol. The van der Waals surface area contributed by atoms with Crippen LogP contribution >= 0.6 is 22.9 Å². The summed E-state index contributed by atoms with van der Waals surface area (Å²) in [6, 6.07) is 3.45. The van der Waals surface area contributed by atoms with Crippen LogP contribution in [0.3, 0.4) is 0 Å². The van der Waals surface area contributed by atoms with Gasteiger partial charge in [0.25, 0.3) is 0 Å². The number of carbonyl (C=O) groups excluding carboxylic acids is 2. The second-order valence-corrected chi connectivity index (χ2v) is 7.52. The second kappa shape index (κ2) is 7.95. The zero-order chi connectivity index (χ0) is 15.2. The zero-order valence-corrected chi connectivity index (χ0v) is 14.0. The number of rotatable bonds is 6. The van der Waals surface area contributed by atoms with Crippen LogP contribution < -0.4 is 0 Å². The van der Waals surface area contributed by atoms with Crippen molar-refractivity contribution in [3.05, 3.63) is 21.3 Å². The summed E-state index contributed by atoms with van der Waals surface area (Å²) in [6.07, 6.45) is 6.90. The third-order valence-electron chi connectivity index (χ3n) is 4.10. The summed E-state index contributed by atoms with van der Waals surface area (Å²) < 4.78 is 0.610. The van der Waals surface area contributed by atoms with Gasteiger partial charge in [-0.3, -0.25) is 9.59 Å². The van der Waals surface area contributed by atoms with Crippen LogP contribution in [0.1, 0.15) is 54.6 Å². The molecule has 0 saturated heterocycles. The van der Waals surface area contributed by atoms with E-state index in [9.17, 15) is 9.59 Å². The first-order valence-electron chi connectivity index (χ1n) is 7.59. The predicted molar refractivity (Wildman–Crippen MR) is 87.1 cm³/mol. The highest BCUT2D eigenvalue weighted by molar-refractivity contribution is 7.18. The Kier molecular flexibility index (Phi) is 6.24. The van der Waals surface area contributed by atoms with Gasteiger partial charge in [0.05, 0.1) is 9.21 Å². The largest absolute Gasteiger partial charge is 0.345 e. The lowest BCUT2D eigenvalue weighted by molar-refractivity contribution is -0.130. The maximum Gasteiger partial charge on any atom is 0.222 e. The summed E-state index contributed by atoms with van der Waals surface area (Å²) in [5, 5.41) is 0. The lowest BCUT2D eigenvalue weighted by Crippen LogP contribution is -2.32. The summed E-state index contributed by atoms with van der Waals surface area (Å²) in [5.74, 6) is 0.711. The van der Waals surface area contributed by atoms with Crippen molar-refractivity contribution in [2.45, 2.75) is 44.9 Å². The first-order valence-corrected chi connectivity index (χ1v) is 8.78. The van der Waals surface area contributed by atoms with Gasteiger partial charge >= 0.3 is 0 Å². The molecule has 1 heterocycles. The van der Waals surface area contributed by atoms with E-state index in [1.54, 1.807) is 17.0 Å². The minimum absolute atomic E-state index is 0.00585. The quantitative estimate of drug-likeness (QED) is 0.726. The first-order chi connectivity index (χ1) is 10.1. The number of halogens is 1. The lowest BCUT2D eigenvalue weighted by Gasteiger charge is -2.27. The Morgan fingerprint density at radius 3 is 2.57 bits per heavy atom. The van der Waals surface area contributed by atoms with E-state index < -0.39 is 0 Å². The van der Waals surface area contributed by atoms with E-state index in [1.165, 1.54) is 43.4 Å². The molecular weight excluding hydrogens is 306 g/mol. The van der Waals surface area contributed by atoms with E-state index in [4.69, 9.17) is 11.6 Å². The van der Waals surface area contributed by atoms with Gasteiger partial charge in [0, 0.05) is 26.4 Å². The van der Waals surface area contributed by atoms with Crippen LogP contribution in [0.4, 0.5) is 0 Å². The van der Waals surface area contributed by atoms with Gasteiger partial charge in [0.1, 0.15) is 0 Å². The normalized spacial score (nSPS) is 15.9. The van der Waals surface area contributed by atoms with Crippen molar-refractivity contribution in [3.63, 3.8) is 0 Å². The van der Waals surface area contributed by atoms with Crippen molar-refractivity contribution in [3.8, 4) is 0 Å². The Balaban J connectivity index is 1.74. The fraction of sp³-hybridized carbons (Fsp3) is 0.625. The smallest absolute Gasteiger partial charge is 0.222 e. The molecule has 0 unspecified atom stereocenters. The van der Waals surface area contributed by atoms with Crippen molar-refractivity contribution in [1.82, 2.24) is 4.90 Å². The molecule has 3 nitrogen and oxygen atoms in total. The molecule has 5 heteroatoms. The number of Topliss-reactive ketones (excluding diaryl/α,β-unsaturated/α-hetero) is 1. The molecule has 21 heavy (non-hydrogen) atoms. The predicted octanol–water partition coefficient (Wildman–Crippen LogP) is 4.40. The van der Waals surface area contributed by atoms with Gasteiger partial charge in [0.2, 0.25) is 5.91 Å². The van der Waals surface area contributed by atoms with Crippen LogP contribution in [-0.4, -0.2) is 30.2 Å². The Hall–Kier alpha value is -0.870. The number of thiophene rings is 1. The highest BCUT2D eigenvalue weighted by atomic mass is 35.5. The molecule has 1 aromatic rings. The Bertz CT molecular complexity index is 494. The number of ketones is 1. The Morgan fingerprint density at radius 2 is 1.95 bits per heavy atom. The van der Waals surface area contributed by atoms with E-state index in [2.05, 4.69) is 0 Å². The van der Waals surface area contributed by atoms with Crippen LogP contribution in [-0.2, 0) is 4.79 Å². The topological polar surface area (TPSA) is 37.4 Å². The minimum Gasteiger partial charge on any atom is -0.345 e. The summed E-state index contributed by atoms with van der Waals surface area (Å²) in [5.41, 5.74) is 0. The molecule has 0 spiro atoms. The zero-order valence-electron chi connectivity index (χ0n) is 12.4. The fourth-order valence-electron chi connectivity index (χ4n) is 2.86. The third-order valence-corrected chi connectivity index (χ3v) is 5.37. The molecule has 1 saturated carbocycles. The molecule has 0 bridgehead atoms. The van der Waals surface area contributed by atoms with Crippen LogP contribution in [0.25, 0.3) is 0 Å². The summed E-state index contributed by atoms with van der Waals surface area (Å²) in [6.45, 7) is 0.831. The second-order valence-electron chi connectivity index (χ2n) is 5.81. The van der Waals surface area contributed by atoms with E-state index in [0.717, 1.165) is 6.54 Å². The van der Waals surface area contributed by atoms with Crippen LogP contribution in [0.15, 0.2) is 12.1 Å². The molecule has 0 aromatic carbocycles. The van der Waals surface area contributed by atoms with Gasteiger partial charge in [-0.1, -0.05) is 30.9 Å². The molecule has 1 fully saturated rings. The van der Waals surface area contributed by atoms with Crippen molar-refractivity contribution >= 4 is 34.6 Å². The number of nitrogens with zero attached hydrogens (tertiary/aromatic N) is 1. The molecule has 0 N–H and O–H groups in total. The van der Waals surface area contributed by atoms with E-state index >= 15 is 0 Å². The standard InChI is InChI=1S/C16H22ClNO2S/c1-18(11-12-5-3-2-4-6-12)16(20)10-7-13(19)14-8-9-15(17)21-14/h8-9,12H,2-7,10-11H2,1H3. The SMILES string of the molecule is CN(CC1CCCCC1)C(=O)CCC(=O)c1ccc(Cl)s1. The van der Waals surface area contributed by atoms with Gasteiger partial charge in [-0.25, -0.2) is 0 Å². The van der Waals surface area contributed by atoms with E-state index in [0.29, 0.717) is 15.1 Å². The molecule has 1 amide bonds. The molecule has 1 aliphatic rings. The number of hydrogen-bond acceptors (Lipinski definition) is 3. The number of carbonyl (C=O) groups is 2. The van der Waals surface area contributed by atoms with Crippen LogP contribution in [0.5, 0.6) is 0 Å². The maximum atomic E-state index is 12.1. The minimum atomic E-state index is 0.00585. The monoisotopic (exact) mass is 327 g/mol. The van der Waals surface area contributed by atoms with Gasteiger partial charge < -0.3 is 4.90 Å². The molecule has 1 aliphatic carbocycles. The van der Waals surface area contributed by atoms with Crippen molar-refractivity contribution in [2.75, 3.05) is 13.6 Å². The third kappa shape index (κ3) is 5.11. The van der Waals surface area contributed by atoms with Crippen molar-refractivity contribution in [2.24, 2.45) is 5.92 Å². The van der Waals surface area contributed by atoms with Crippen LogP contribution in [0.2, 0.25) is 4.34 Å². The van der Waals surface area contributed by atoms with Gasteiger partial charge in [-0.2, -0.15) is 0 Å². The highest BCUT2D eigenvalue weighted by Crippen LogP contribution is 2.25. The van der Waals surface area contributed by atoms with Gasteiger partial charge in [-0.05, 0) is 30.9 Å². The Morgan fingerprint density at radius 1 is 1.24 bits per heavy atom. The molecule has 1 aromatic heterocycles. The molecular formula is C16H22ClNO2S. The molecule has 0 radical (unpaired) electrons. The highest BCUT2D eigenvalue weighted by Gasteiger charge is 2.19. The maximum absolute atomic E-state index is 12.1.